The van der Waals surface area contributed by atoms with E-state index >= 15 is 0 Å². The number of hydrogen-bond donors (Lipinski definition) is 1. The Balaban J connectivity index is 1.61. The van der Waals surface area contributed by atoms with E-state index in [-0.39, 0.29) is 12.5 Å². The van der Waals surface area contributed by atoms with Crippen molar-refractivity contribution < 1.29 is 13.2 Å². The summed E-state index contributed by atoms with van der Waals surface area (Å²) >= 11 is 0. The van der Waals surface area contributed by atoms with Crippen molar-refractivity contribution in [2.75, 3.05) is 52.1 Å². The van der Waals surface area contributed by atoms with Crippen LogP contribution in [0.4, 0.5) is 5.82 Å². The van der Waals surface area contributed by atoms with E-state index in [0.29, 0.717) is 32.0 Å². The summed E-state index contributed by atoms with van der Waals surface area (Å²) in [5, 5.41) is 7.41. The molecule has 2 heterocycles. The monoisotopic (exact) mass is 420 g/mol. The molecule has 1 saturated heterocycles. The van der Waals surface area contributed by atoms with E-state index in [0.717, 1.165) is 16.9 Å². The first-order valence-electron chi connectivity index (χ1n) is 9.50. The van der Waals surface area contributed by atoms with E-state index < -0.39 is 10.2 Å². The summed E-state index contributed by atoms with van der Waals surface area (Å²) in [5.74, 6) is 0.465. The molecule has 0 bridgehead atoms. The fourth-order valence-corrected chi connectivity index (χ4v) is 4.29. The summed E-state index contributed by atoms with van der Waals surface area (Å²) in [6.45, 7) is 5.86. The molecule has 2 aromatic rings. The van der Waals surface area contributed by atoms with Crippen molar-refractivity contribution in [1.82, 2.24) is 23.3 Å². The van der Waals surface area contributed by atoms with Gasteiger partial charge in [0.15, 0.2) is 0 Å². The number of rotatable bonds is 6. The van der Waals surface area contributed by atoms with Crippen molar-refractivity contribution in [1.29, 1.82) is 0 Å². The van der Waals surface area contributed by atoms with Gasteiger partial charge in [0.2, 0.25) is 5.91 Å². The summed E-state index contributed by atoms with van der Waals surface area (Å²) in [4.78, 5) is 14.5. The number of hydrogen-bond acceptors (Lipinski definition) is 5. The molecule has 0 spiro atoms. The maximum absolute atomic E-state index is 12.6. The van der Waals surface area contributed by atoms with Crippen molar-refractivity contribution in [3.05, 3.63) is 41.6 Å². The minimum absolute atomic E-state index is 0.151. The Morgan fingerprint density at radius 3 is 2.31 bits per heavy atom. The van der Waals surface area contributed by atoms with Crippen molar-refractivity contribution in [3.63, 3.8) is 0 Å². The van der Waals surface area contributed by atoms with Gasteiger partial charge in [-0.15, -0.1) is 0 Å². The molecule has 1 aromatic carbocycles. The molecule has 10 heteroatoms. The third-order valence-corrected chi connectivity index (χ3v) is 6.80. The maximum atomic E-state index is 12.6. The number of anilines is 1. The van der Waals surface area contributed by atoms with Crippen LogP contribution in [0.3, 0.4) is 0 Å². The van der Waals surface area contributed by atoms with Gasteiger partial charge in [0.25, 0.3) is 10.2 Å². The number of piperazine rings is 1. The molecule has 1 aliphatic rings. The average Bonchev–Trinajstić information content (AvgIpc) is 3.02. The summed E-state index contributed by atoms with van der Waals surface area (Å²) in [7, 11) is -0.365. The number of benzene rings is 1. The predicted molar refractivity (Wildman–Crippen MR) is 112 cm³/mol. The highest BCUT2D eigenvalue weighted by molar-refractivity contribution is 7.86. The lowest BCUT2D eigenvalue weighted by Crippen LogP contribution is -2.52. The third kappa shape index (κ3) is 5.02. The van der Waals surface area contributed by atoms with Gasteiger partial charge in [-0.05, 0) is 26.0 Å². The van der Waals surface area contributed by atoms with E-state index in [4.69, 9.17) is 0 Å². The molecule has 1 amide bonds. The molecular formula is C19H28N6O3S. The first-order chi connectivity index (χ1) is 13.7. The number of amides is 1. The van der Waals surface area contributed by atoms with Crippen LogP contribution in [0.2, 0.25) is 0 Å². The summed E-state index contributed by atoms with van der Waals surface area (Å²) in [6, 6.07) is 9.75. The van der Waals surface area contributed by atoms with E-state index in [2.05, 4.69) is 10.4 Å². The van der Waals surface area contributed by atoms with Crippen molar-refractivity contribution in [2.24, 2.45) is 0 Å². The SMILES string of the molecule is Cc1ccc(-n2nc(C)cc2NC(=O)CN2CCN(S(=O)(=O)N(C)C)CC2)cc1. The predicted octanol–water partition coefficient (Wildman–Crippen LogP) is 0.852. The van der Waals surface area contributed by atoms with E-state index in [1.165, 1.54) is 22.7 Å². The van der Waals surface area contributed by atoms with Gasteiger partial charge in [0.1, 0.15) is 5.82 Å². The van der Waals surface area contributed by atoms with E-state index in [1.807, 2.05) is 49.1 Å². The molecule has 0 unspecified atom stereocenters. The van der Waals surface area contributed by atoms with Crippen molar-refractivity contribution in [3.8, 4) is 5.69 Å². The fraction of sp³-hybridized carbons (Fsp3) is 0.474. The van der Waals surface area contributed by atoms with Crippen LogP contribution in [0.1, 0.15) is 11.3 Å². The molecule has 1 aromatic heterocycles. The lowest BCUT2D eigenvalue weighted by molar-refractivity contribution is -0.117. The highest BCUT2D eigenvalue weighted by Crippen LogP contribution is 2.18. The summed E-state index contributed by atoms with van der Waals surface area (Å²) in [6.07, 6.45) is 0. The molecule has 3 rings (SSSR count). The molecule has 1 N–H and O–H groups in total. The summed E-state index contributed by atoms with van der Waals surface area (Å²) < 4.78 is 28.8. The molecule has 1 fully saturated rings. The van der Waals surface area contributed by atoms with Gasteiger partial charge >= 0.3 is 0 Å². The summed E-state index contributed by atoms with van der Waals surface area (Å²) in [5.41, 5.74) is 2.84. The third-order valence-electron chi connectivity index (χ3n) is 4.86. The fourth-order valence-electron chi connectivity index (χ4n) is 3.21. The van der Waals surface area contributed by atoms with Gasteiger partial charge in [0, 0.05) is 46.3 Å². The highest BCUT2D eigenvalue weighted by Gasteiger charge is 2.29. The van der Waals surface area contributed by atoms with E-state index in [1.54, 1.807) is 4.68 Å². The Morgan fingerprint density at radius 1 is 1.10 bits per heavy atom. The number of nitrogens with zero attached hydrogens (tertiary/aromatic N) is 5. The van der Waals surface area contributed by atoms with Crippen LogP contribution in [0, 0.1) is 13.8 Å². The Morgan fingerprint density at radius 2 is 1.72 bits per heavy atom. The zero-order valence-electron chi connectivity index (χ0n) is 17.3. The number of carbonyl (C=O) groups is 1. The second kappa shape index (κ2) is 8.62. The molecule has 0 radical (unpaired) electrons. The van der Waals surface area contributed by atoms with Crippen LogP contribution in [0.15, 0.2) is 30.3 Å². The number of carbonyl (C=O) groups excluding carboxylic acids is 1. The maximum Gasteiger partial charge on any atom is 0.281 e. The van der Waals surface area contributed by atoms with E-state index in [9.17, 15) is 13.2 Å². The minimum Gasteiger partial charge on any atom is -0.309 e. The lowest BCUT2D eigenvalue weighted by Gasteiger charge is -2.34. The molecular weight excluding hydrogens is 392 g/mol. The van der Waals surface area contributed by atoms with Gasteiger partial charge < -0.3 is 5.32 Å². The molecule has 1 aliphatic heterocycles. The lowest BCUT2D eigenvalue weighted by atomic mass is 10.2. The smallest absolute Gasteiger partial charge is 0.281 e. The van der Waals surface area contributed by atoms with Crippen LogP contribution < -0.4 is 5.32 Å². The molecule has 9 nitrogen and oxygen atoms in total. The van der Waals surface area contributed by atoms with Gasteiger partial charge in [-0.1, -0.05) is 17.7 Å². The Hall–Kier alpha value is -2.27. The van der Waals surface area contributed by atoms with Crippen LogP contribution in [-0.2, 0) is 15.0 Å². The second-order valence-corrected chi connectivity index (χ2v) is 9.57. The van der Waals surface area contributed by atoms with Gasteiger partial charge in [-0.3, -0.25) is 9.69 Å². The highest BCUT2D eigenvalue weighted by atomic mass is 32.2. The minimum atomic E-state index is -3.41. The van der Waals surface area contributed by atoms with Gasteiger partial charge in [-0.25, -0.2) is 4.68 Å². The standard InChI is InChI=1S/C19H28N6O3S/c1-15-5-7-17(8-6-15)25-18(13-16(2)21-25)20-19(26)14-23-9-11-24(12-10-23)29(27,28)22(3)4/h5-8,13H,9-12,14H2,1-4H3,(H,20,26). The molecule has 158 valence electrons. The quantitative estimate of drug-likeness (QED) is 0.748. The number of aryl methyl sites for hydroxylation is 2. The number of aromatic nitrogens is 2. The largest absolute Gasteiger partial charge is 0.309 e. The molecule has 0 saturated carbocycles. The Bertz CT molecular complexity index is 960. The average molecular weight is 421 g/mol. The van der Waals surface area contributed by atoms with Gasteiger partial charge in [0.05, 0.1) is 17.9 Å². The second-order valence-electron chi connectivity index (χ2n) is 7.43. The topological polar surface area (TPSA) is 90.8 Å². The van der Waals surface area contributed by atoms with Crippen LogP contribution in [-0.4, -0.2) is 84.4 Å². The first-order valence-corrected chi connectivity index (χ1v) is 10.9. The zero-order valence-corrected chi connectivity index (χ0v) is 18.1. The van der Waals surface area contributed by atoms with Crippen molar-refractivity contribution in [2.45, 2.75) is 13.8 Å². The molecule has 0 atom stereocenters. The molecule has 29 heavy (non-hydrogen) atoms. The van der Waals surface area contributed by atoms with Crippen LogP contribution in [0.25, 0.3) is 5.69 Å². The van der Waals surface area contributed by atoms with Crippen molar-refractivity contribution >= 4 is 21.9 Å². The molecule has 0 aliphatic carbocycles. The number of nitrogens with one attached hydrogen (secondary N) is 1. The normalized spacial score (nSPS) is 16.3. The first kappa shape index (κ1) is 21.4. The van der Waals surface area contributed by atoms with Crippen LogP contribution in [0.5, 0.6) is 0 Å². The Labute approximate surface area is 172 Å². The van der Waals surface area contributed by atoms with Gasteiger partial charge in [-0.2, -0.15) is 22.1 Å². The Kier molecular flexibility index (Phi) is 6.37. The van der Waals surface area contributed by atoms with Crippen LogP contribution >= 0.6 is 0 Å². The zero-order chi connectivity index (χ0) is 21.2.